The molecule has 2 aromatic carbocycles. The summed E-state index contributed by atoms with van der Waals surface area (Å²) in [6.07, 6.45) is 0.382. The lowest BCUT2D eigenvalue weighted by atomic mass is 10.0. The SMILES string of the molecule is O=c1oc2cccc(O)c2cc1Cc1ccc(O)cc1. The van der Waals surface area contributed by atoms with E-state index in [9.17, 15) is 15.0 Å². The summed E-state index contributed by atoms with van der Waals surface area (Å²) in [5.41, 5.74) is 1.29. The highest BCUT2D eigenvalue weighted by Gasteiger charge is 2.08. The molecule has 2 N–H and O–H groups in total. The summed E-state index contributed by atoms with van der Waals surface area (Å²) in [7, 11) is 0. The molecule has 20 heavy (non-hydrogen) atoms. The molecule has 0 amide bonds. The minimum Gasteiger partial charge on any atom is -0.508 e. The number of benzene rings is 2. The summed E-state index contributed by atoms with van der Waals surface area (Å²) in [6, 6.07) is 13.1. The van der Waals surface area contributed by atoms with E-state index in [1.54, 1.807) is 48.5 Å². The molecule has 1 heterocycles. The molecule has 0 radical (unpaired) electrons. The maximum Gasteiger partial charge on any atom is 0.339 e. The zero-order valence-corrected chi connectivity index (χ0v) is 10.5. The Hall–Kier alpha value is -2.75. The molecule has 0 bridgehead atoms. The van der Waals surface area contributed by atoms with E-state index < -0.39 is 5.63 Å². The van der Waals surface area contributed by atoms with E-state index in [1.165, 1.54) is 0 Å². The molecule has 0 saturated heterocycles. The summed E-state index contributed by atoms with van der Waals surface area (Å²) in [4.78, 5) is 11.9. The van der Waals surface area contributed by atoms with E-state index in [2.05, 4.69) is 0 Å². The highest BCUT2D eigenvalue weighted by molar-refractivity contribution is 5.83. The number of fused-ring (bicyclic) bond motifs is 1. The molecule has 0 saturated carbocycles. The van der Waals surface area contributed by atoms with E-state index >= 15 is 0 Å². The van der Waals surface area contributed by atoms with Crippen molar-refractivity contribution in [3.63, 3.8) is 0 Å². The number of phenolic OH excluding ortho intramolecular Hbond substituents is 2. The van der Waals surface area contributed by atoms with Crippen LogP contribution in [0.25, 0.3) is 11.0 Å². The first kappa shape index (κ1) is 12.3. The summed E-state index contributed by atoms with van der Waals surface area (Å²) >= 11 is 0. The topological polar surface area (TPSA) is 70.7 Å². The first-order valence-corrected chi connectivity index (χ1v) is 6.16. The van der Waals surface area contributed by atoms with Gasteiger partial charge in [0.25, 0.3) is 0 Å². The van der Waals surface area contributed by atoms with Crippen LogP contribution >= 0.6 is 0 Å². The fourth-order valence-corrected chi connectivity index (χ4v) is 2.12. The average Bonchev–Trinajstić information content (AvgIpc) is 2.43. The van der Waals surface area contributed by atoms with Crippen molar-refractivity contribution in [1.29, 1.82) is 0 Å². The Morgan fingerprint density at radius 1 is 1.00 bits per heavy atom. The van der Waals surface area contributed by atoms with Crippen LogP contribution in [0.15, 0.2) is 57.7 Å². The highest BCUT2D eigenvalue weighted by atomic mass is 16.4. The van der Waals surface area contributed by atoms with E-state index in [-0.39, 0.29) is 11.5 Å². The molecule has 3 rings (SSSR count). The Morgan fingerprint density at radius 3 is 2.50 bits per heavy atom. The van der Waals surface area contributed by atoms with Crippen molar-refractivity contribution < 1.29 is 14.6 Å². The largest absolute Gasteiger partial charge is 0.508 e. The van der Waals surface area contributed by atoms with Crippen molar-refractivity contribution in [2.75, 3.05) is 0 Å². The van der Waals surface area contributed by atoms with E-state index in [4.69, 9.17) is 4.42 Å². The third-order valence-corrected chi connectivity index (χ3v) is 3.16. The van der Waals surface area contributed by atoms with Gasteiger partial charge in [0.15, 0.2) is 0 Å². The molecular weight excluding hydrogens is 256 g/mol. The van der Waals surface area contributed by atoms with Crippen LogP contribution in [0.1, 0.15) is 11.1 Å². The van der Waals surface area contributed by atoms with Crippen molar-refractivity contribution in [2.24, 2.45) is 0 Å². The zero-order valence-electron chi connectivity index (χ0n) is 10.5. The van der Waals surface area contributed by atoms with Crippen LogP contribution in [0.3, 0.4) is 0 Å². The minimum absolute atomic E-state index is 0.0817. The number of hydrogen-bond donors (Lipinski definition) is 2. The molecule has 0 aliphatic rings. The zero-order chi connectivity index (χ0) is 14.1. The van der Waals surface area contributed by atoms with Gasteiger partial charge in [-0.2, -0.15) is 0 Å². The molecule has 0 aliphatic carbocycles. The third kappa shape index (κ3) is 2.23. The lowest BCUT2D eigenvalue weighted by molar-refractivity contribution is 0.475. The quantitative estimate of drug-likeness (QED) is 0.701. The van der Waals surface area contributed by atoms with Gasteiger partial charge >= 0.3 is 5.63 Å². The van der Waals surface area contributed by atoms with Crippen LogP contribution in [0.5, 0.6) is 11.5 Å². The van der Waals surface area contributed by atoms with Gasteiger partial charge in [0.2, 0.25) is 0 Å². The minimum atomic E-state index is -0.420. The maximum atomic E-state index is 11.9. The summed E-state index contributed by atoms with van der Waals surface area (Å²) in [6.45, 7) is 0. The standard InChI is InChI=1S/C16H12O4/c17-12-6-4-10(5-7-12)8-11-9-13-14(18)2-1-3-15(13)20-16(11)19/h1-7,9,17-18H,8H2. The predicted molar refractivity (Wildman–Crippen MR) is 75.1 cm³/mol. The van der Waals surface area contributed by atoms with E-state index in [1.807, 2.05) is 0 Å². The smallest absolute Gasteiger partial charge is 0.339 e. The Bertz CT molecular complexity index is 816. The predicted octanol–water partition coefficient (Wildman–Crippen LogP) is 2.80. The summed E-state index contributed by atoms with van der Waals surface area (Å²) in [5.74, 6) is 0.259. The van der Waals surface area contributed by atoms with Crippen LogP contribution in [-0.4, -0.2) is 10.2 Å². The number of hydrogen-bond acceptors (Lipinski definition) is 4. The van der Waals surface area contributed by atoms with Gasteiger partial charge in [-0.3, -0.25) is 0 Å². The molecule has 0 fully saturated rings. The Kier molecular flexibility index (Phi) is 2.91. The summed E-state index contributed by atoms with van der Waals surface area (Å²) < 4.78 is 5.20. The van der Waals surface area contributed by atoms with Gasteiger partial charge in [-0.25, -0.2) is 4.79 Å². The first-order chi connectivity index (χ1) is 9.63. The molecule has 0 unspecified atom stereocenters. The van der Waals surface area contributed by atoms with E-state index in [0.717, 1.165) is 5.56 Å². The molecule has 100 valence electrons. The van der Waals surface area contributed by atoms with Crippen molar-refractivity contribution in [3.05, 3.63) is 70.1 Å². The van der Waals surface area contributed by atoms with Crippen LogP contribution < -0.4 is 5.63 Å². The fourth-order valence-electron chi connectivity index (χ4n) is 2.12. The highest BCUT2D eigenvalue weighted by Crippen LogP contribution is 2.24. The van der Waals surface area contributed by atoms with Crippen molar-refractivity contribution >= 4 is 11.0 Å². The fraction of sp³-hybridized carbons (Fsp3) is 0.0625. The molecular formula is C16H12O4. The van der Waals surface area contributed by atoms with Gasteiger partial charge in [0, 0.05) is 12.0 Å². The molecule has 0 spiro atoms. The normalized spacial score (nSPS) is 10.8. The molecule has 0 atom stereocenters. The second kappa shape index (κ2) is 4.74. The van der Waals surface area contributed by atoms with Crippen molar-refractivity contribution in [1.82, 2.24) is 0 Å². The van der Waals surface area contributed by atoms with Gasteiger partial charge in [0.05, 0.1) is 5.39 Å². The van der Waals surface area contributed by atoms with Crippen LogP contribution in [0.4, 0.5) is 0 Å². The second-order valence-corrected chi connectivity index (χ2v) is 4.59. The van der Waals surface area contributed by atoms with Gasteiger partial charge in [0.1, 0.15) is 17.1 Å². The van der Waals surface area contributed by atoms with Gasteiger partial charge < -0.3 is 14.6 Å². The van der Waals surface area contributed by atoms with Crippen molar-refractivity contribution in [3.8, 4) is 11.5 Å². The first-order valence-electron chi connectivity index (χ1n) is 6.16. The molecule has 4 heteroatoms. The van der Waals surface area contributed by atoms with E-state index in [0.29, 0.717) is 23.0 Å². The number of rotatable bonds is 2. The Labute approximate surface area is 114 Å². The van der Waals surface area contributed by atoms with Gasteiger partial charge in [-0.15, -0.1) is 0 Å². The molecule has 1 aromatic heterocycles. The number of aromatic hydroxyl groups is 2. The van der Waals surface area contributed by atoms with Crippen LogP contribution in [-0.2, 0) is 6.42 Å². The monoisotopic (exact) mass is 268 g/mol. The summed E-state index contributed by atoms with van der Waals surface area (Å²) in [5, 5.41) is 19.6. The Balaban J connectivity index is 2.07. The second-order valence-electron chi connectivity index (χ2n) is 4.59. The molecule has 3 aromatic rings. The third-order valence-electron chi connectivity index (χ3n) is 3.16. The molecule has 0 aliphatic heterocycles. The lowest BCUT2D eigenvalue weighted by Gasteiger charge is -2.04. The maximum absolute atomic E-state index is 11.9. The average molecular weight is 268 g/mol. The van der Waals surface area contributed by atoms with Gasteiger partial charge in [-0.05, 0) is 35.9 Å². The lowest BCUT2D eigenvalue weighted by Crippen LogP contribution is -2.07. The Morgan fingerprint density at radius 2 is 1.75 bits per heavy atom. The number of phenols is 2. The van der Waals surface area contributed by atoms with Crippen molar-refractivity contribution in [2.45, 2.75) is 6.42 Å². The van der Waals surface area contributed by atoms with Crippen LogP contribution in [0, 0.1) is 0 Å². The van der Waals surface area contributed by atoms with Crippen LogP contribution in [0.2, 0.25) is 0 Å². The van der Waals surface area contributed by atoms with Gasteiger partial charge in [-0.1, -0.05) is 18.2 Å². The molecule has 4 nitrogen and oxygen atoms in total.